The van der Waals surface area contributed by atoms with Crippen LogP contribution in [0.4, 0.5) is 0 Å². The molecule has 0 aliphatic heterocycles. The summed E-state index contributed by atoms with van der Waals surface area (Å²) < 4.78 is 5.57. The summed E-state index contributed by atoms with van der Waals surface area (Å²) in [5, 5.41) is 2.50. The van der Waals surface area contributed by atoms with Crippen molar-refractivity contribution in [3.05, 3.63) is 48.0 Å². The van der Waals surface area contributed by atoms with Gasteiger partial charge in [-0.15, -0.1) is 0 Å². The molecule has 0 saturated heterocycles. The summed E-state index contributed by atoms with van der Waals surface area (Å²) >= 11 is 0. The lowest BCUT2D eigenvalue weighted by Gasteiger charge is -2.22. The van der Waals surface area contributed by atoms with Gasteiger partial charge in [0.15, 0.2) is 0 Å². The average molecular weight is 286 g/mol. The van der Waals surface area contributed by atoms with Crippen LogP contribution in [0.15, 0.2) is 42.5 Å². The highest BCUT2D eigenvalue weighted by Gasteiger charge is 2.10. The van der Waals surface area contributed by atoms with E-state index in [0.29, 0.717) is 0 Å². The molecule has 0 spiro atoms. The first kappa shape index (κ1) is 16.0. The second-order valence-electron chi connectivity index (χ2n) is 5.89. The molecule has 21 heavy (non-hydrogen) atoms. The average Bonchev–Trinajstić information content (AvgIpc) is 2.46. The van der Waals surface area contributed by atoms with Crippen molar-refractivity contribution in [1.82, 2.24) is 4.90 Å². The van der Waals surface area contributed by atoms with Crippen LogP contribution in [0.3, 0.4) is 0 Å². The van der Waals surface area contributed by atoms with Gasteiger partial charge >= 0.3 is 0 Å². The molecule has 0 aliphatic carbocycles. The molecule has 0 bridgehead atoms. The van der Waals surface area contributed by atoms with Gasteiger partial charge in [-0.3, -0.25) is 0 Å². The van der Waals surface area contributed by atoms with E-state index in [0.717, 1.165) is 19.7 Å². The fourth-order valence-electron chi connectivity index (χ4n) is 2.42. The Morgan fingerprint density at radius 3 is 2.52 bits per heavy atom. The van der Waals surface area contributed by atoms with Crippen LogP contribution in [-0.2, 0) is 4.74 Å². The number of benzene rings is 2. The van der Waals surface area contributed by atoms with Crippen molar-refractivity contribution < 1.29 is 4.74 Å². The monoisotopic (exact) mass is 286 g/mol. The van der Waals surface area contributed by atoms with Gasteiger partial charge in [-0.05, 0) is 43.3 Å². The summed E-state index contributed by atoms with van der Waals surface area (Å²) in [4.78, 5) is 2.22. The SMILES string of the molecule is CC(C)OCCN(C)CC(N)c1ccc2ccccc2c1. The topological polar surface area (TPSA) is 38.5 Å². The molecule has 0 fully saturated rings. The standard InChI is InChI=1S/C18H26N2O/c1-14(2)21-11-10-20(3)13-18(19)17-9-8-15-6-4-5-7-16(15)12-17/h4-9,12,14,18H,10-11,13,19H2,1-3H3. The molecule has 0 aromatic heterocycles. The van der Waals surface area contributed by atoms with Crippen LogP contribution in [0.5, 0.6) is 0 Å². The molecule has 1 unspecified atom stereocenters. The number of rotatable bonds is 7. The predicted octanol–water partition coefficient (Wildman–Crippen LogP) is 3.20. The highest BCUT2D eigenvalue weighted by atomic mass is 16.5. The van der Waals surface area contributed by atoms with Crippen molar-refractivity contribution in [2.75, 3.05) is 26.7 Å². The maximum atomic E-state index is 6.34. The van der Waals surface area contributed by atoms with E-state index in [-0.39, 0.29) is 12.1 Å². The predicted molar refractivity (Wildman–Crippen MR) is 89.5 cm³/mol. The van der Waals surface area contributed by atoms with E-state index in [1.165, 1.54) is 16.3 Å². The molecule has 0 amide bonds. The first-order chi connectivity index (χ1) is 10.1. The molecule has 2 aromatic rings. The smallest absolute Gasteiger partial charge is 0.0596 e. The molecule has 3 heteroatoms. The van der Waals surface area contributed by atoms with Crippen LogP contribution in [0.1, 0.15) is 25.5 Å². The zero-order chi connectivity index (χ0) is 15.2. The lowest BCUT2D eigenvalue weighted by molar-refractivity contribution is 0.0629. The summed E-state index contributed by atoms with van der Waals surface area (Å²) in [7, 11) is 2.09. The van der Waals surface area contributed by atoms with Crippen LogP contribution in [0.25, 0.3) is 10.8 Å². The summed E-state index contributed by atoms with van der Waals surface area (Å²) in [5.74, 6) is 0. The molecule has 0 heterocycles. The fourth-order valence-corrected chi connectivity index (χ4v) is 2.42. The van der Waals surface area contributed by atoms with Gasteiger partial charge in [-0.1, -0.05) is 36.4 Å². The molecule has 2 rings (SSSR count). The van der Waals surface area contributed by atoms with Crippen molar-refractivity contribution >= 4 is 10.8 Å². The first-order valence-electron chi connectivity index (χ1n) is 7.60. The molecule has 0 radical (unpaired) electrons. The third-order valence-electron chi connectivity index (χ3n) is 3.63. The number of hydrogen-bond donors (Lipinski definition) is 1. The van der Waals surface area contributed by atoms with Crippen molar-refractivity contribution in [3.8, 4) is 0 Å². The van der Waals surface area contributed by atoms with Gasteiger partial charge < -0.3 is 15.4 Å². The second kappa shape index (κ2) is 7.55. The summed E-state index contributed by atoms with van der Waals surface area (Å²) in [6.07, 6.45) is 0.285. The lowest BCUT2D eigenvalue weighted by Crippen LogP contribution is -2.32. The molecule has 2 N–H and O–H groups in total. The van der Waals surface area contributed by atoms with E-state index < -0.39 is 0 Å². The quantitative estimate of drug-likeness (QED) is 0.849. The lowest BCUT2D eigenvalue weighted by atomic mass is 10.0. The van der Waals surface area contributed by atoms with Crippen LogP contribution >= 0.6 is 0 Å². The second-order valence-corrected chi connectivity index (χ2v) is 5.89. The number of nitrogens with zero attached hydrogens (tertiary/aromatic N) is 1. The third kappa shape index (κ3) is 4.81. The normalized spacial score (nSPS) is 13.2. The molecule has 114 valence electrons. The number of nitrogens with two attached hydrogens (primary N) is 1. The Morgan fingerprint density at radius 2 is 1.81 bits per heavy atom. The third-order valence-corrected chi connectivity index (χ3v) is 3.63. The van der Waals surface area contributed by atoms with Crippen LogP contribution < -0.4 is 5.73 Å². The number of likely N-dealkylation sites (N-methyl/N-ethyl adjacent to an activating group) is 1. The molecular formula is C18H26N2O. The molecule has 1 atom stereocenters. The number of fused-ring (bicyclic) bond motifs is 1. The minimum atomic E-state index is 0.0265. The fraction of sp³-hybridized carbons (Fsp3) is 0.444. The van der Waals surface area contributed by atoms with Crippen molar-refractivity contribution in [2.24, 2.45) is 5.73 Å². The molecule has 0 saturated carbocycles. The summed E-state index contributed by atoms with van der Waals surface area (Å²) in [6, 6.07) is 14.9. The zero-order valence-corrected chi connectivity index (χ0v) is 13.3. The highest BCUT2D eigenvalue weighted by Crippen LogP contribution is 2.19. The Bertz CT molecular complexity index is 568. The van der Waals surface area contributed by atoms with Crippen molar-refractivity contribution in [2.45, 2.75) is 26.0 Å². The van der Waals surface area contributed by atoms with Gasteiger partial charge in [0, 0.05) is 19.1 Å². The zero-order valence-electron chi connectivity index (χ0n) is 13.3. The summed E-state index contributed by atoms with van der Waals surface area (Å²) in [6.45, 7) is 6.60. The molecule has 0 aliphatic rings. The number of ether oxygens (including phenoxy) is 1. The largest absolute Gasteiger partial charge is 0.377 e. The molecule has 2 aromatic carbocycles. The van der Waals surface area contributed by atoms with Gasteiger partial charge in [-0.2, -0.15) is 0 Å². The minimum absolute atomic E-state index is 0.0265. The van der Waals surface area contributed by atoms with Crippen LogP contribution in [0.2, 0.25) is 0 Å². The van der Waals surface area contributed by atoms with E-state index >= 15 is 0 Å². The van der Waals surface area contributed by atoms with Crippen LogP contribution in [-0.4, -0.2) is 37.7 Å². The maximum Gasteiger partial charge on any atom is 0.0596 e. The molecule has 3 nitrogen and oxygen atoms in total. The van der Waals surface area contributed by atoms with Gasteiger partial charge in [0.2, 0.25) is 0 Å². The van der Waals surface area contributed by atoms with E-state index in [9.17, 15) is 0 Å². The Hall–Kier alpha value is -1.42. The van der Waals surface area contributed by atoms with Crippen LogP contribution in [0, 0.1) is 0 Å². The van der Waals surface area contributed by atoms with E-state index in [4.69, 9.17) is 10.5 Å². The first-order valence-corrected chi connectivity index (χ1v) is 7.60. The van der Waals surface area contributed by atoms with E-state index in [1.54, 1.807) is 0 Å². The molecular weight excluding hydrogens is 260 g/mol. The van der Waals surface area contributed by atoms with Crippen molar-refractivity contribution in [1.29, 1.82) is 0 Å². The maximum absolute atomic E-state index is 6.34. The van der Waals surface area contributed by atoms with Gasteiger partial charge in [0.05, 0.1) is 12.7 Å². The minimum Gasteiger partial charge on any atom is -0.377 e. The Morgan fingerprint density at radius 1 is 1.10 bits per heavy atom. The Labute approximate surface area is 127 Å². The van der Waals surface area contributed by atoms with Crippen molar-refractivity contribution in [3.63, 3.8) is 0 Å². The van der Waals surface area contributed by atoms with E-state index in [2.05, 4.69) is 68.3 Å². The highest BCUT2D eigenvalue weighted by molar-refractivity contribution is 5.83. The Kier molecular flexibility index (Phi) is 5.74. The Balaban J connectivity index is 1.93. The van der Waals surface area contributed by atoms with Gasteiger partial charge in [-0.25, -0.2) is 0 Å². The van der Waals surface area contributed by atoms with Gasteiger partial charge in [0.25, 0.3) is 0 Å². The number of hydrogen-bond acceptors (Lipinski definition) is 3. The van der Waals surface area contributed by atoms with E-state index in [1.807, 2.05) is 0 Å². The van der Waals surface area contributed by atoms with Gasteiger partial charge in [0.1, 0.15) is 0 Å². The summed E-state index contributed by atoms with van der Waals surface area (Å²) in [5.41, 5.74) is 7.52.